The van der Waals surface area contributed by atoms with E-state index in [4.69, 9.17) is 0 Å². The van der Waals surface area contributed by atoms with Crippen LogP contribution in [0.1, 0.15) is 25.7 Å². The second-order valence-electron chi connectivity index (χ2n) is 5.65. The van der Waals surface area contributed by atoms with Gasteiger partial charge in [0.1, 0.15) is 0 Å². The second kappa shape index (κ2) is 6.81. The first-order valence-corrected chi connectivity index (χ1v) is 8.64. The summed E-state index contributed by atoms with van der Waals surface area (Å²) in [5, 5.41) is -0.462. The van der Waals surface area contributed by atoms with Crippen molar-refractivity contribution in [1.29, 1.82) is 0 Å². The number of halogens is 1. The predicted octanol–water partition coefficient (Wildman–Crippen LogP) is 1.72. The molecule has 0 aromatic carbocycles. The van der Waals surface area contributed by atoms with E-state index < -0.39 is 20.9 Å². The topological polar surface area (TPSA) is 53.5 Å². The van der Waals surface area contributed by atoms with Crippen LogP contribution < -0.4 is 0 Å². The fourth-order valence-corrected chi connectivity index (χ4v) is 4.32. The van der Waals surface area contributed by atoms with E-state index in [2.05, 4.69) is 4.98 Å². The van der Waals surface area contributed by atoms with E-state index in [0.717, 1.165) is 31.7 Å². The maximum absolute atomic E-state index is 13.9. The summed E-state index contributed by atoms with van der Waals surface area (Å²) in [5.74, 6) is -0.787. The highest BCUT2D eigenvalue weighted by Gasteiger charge is 2.35. The van der Waals surface area contributed by atoms with Gasteiger partial charge in [0.25, 0.3) is 10.0 Å². The molecule has 0 aliphatic heterocycles. The van der Waals surface area contributed by atoms with Gasteiger partial charge >= 0.3 is 0 Å². The molecule has 1 aliphatic carbocycles. The first-order valence-electron chi connectivity index (χ1n) is 7.20. The molecule has 0 N–H and O–H groups in total. The van der Waals surface area contributed by atoms with Crippen molar-refractivity contribution in [2.45, 2.75) is 36.8 Å². The second-order valence-corrected chi connectivity index (χ2v) is 7.45. The van der Waals surface area contributed by atoms with Crippen molar-refractivity contribution in [2.24, 2.45) is 0 Å². The molecule has 0 amide bonds. The maximum atomic E-state index is 13.9. The highest BCUT2D eigenvalue weighted by Crippen LogP contribution is 2.28. The number of hydrogen-bond acceptors (Lipinski definition) is 4. The normalized spacial score (nSPS) is 17.0. The molecule has 0 atom stereocenters. The Kier molecular flexibility index (Phi) is 5.29. The van der Waals surface area contributed by atoms with Crippen molar-refractivity contribution >= 4 is 10.0 Å². The van der Waals surface area contributed by atoms with Crippen LogP contribution in [0.25, 0.3) is 0 Å². The molecule has 118 valence electrons. The largest absolute Gasteiger partial charge is 0.308 e. The van der Waals surface area contributed by atoms with E-state index in [9.17, 15) is 12.8 Å². The molecule has 7 heteroatoms. The summed E-state index contributed by atoms with van der Waals surface area (Å²) in [5.41, 5.74) is 0. The van der Waals surface area contributed by atoms with Crippen molar-refractivity contribution in [3.63, 3.8) is 0 Å². The van der Waals surface area contributed by atoms with E-state index in [0.29, 0.717) is 13.1 Å². The SMILES string of the molecule is CN(C)CCN(C1CCCC1)S(=O)(=O)c1ncccc1F. The van der Waals surface area contributed by atoms with Crippen LogP contribution in [0, 0.1) is 5.82 Å². The highest BCUT2D eigenvalue weighted by atomic mass is 32.2. The van der Waals surface area contributed by atoms with Crippen LogP contribution in [0.3, 0.4) is 0 Å². The van der Waals surface area contributed by atoms with Crippen LogP contribution >= 0.6 is 0 Å². The third kappa shape index (κ3) is 3.78. The van der Waals surface area contributed by atoms with E-state index >= 15 is 0 Å². The molecule has 2 rings (SSSR count). The summed E-state index contributed by atoms with van der Waals surface area (Å²) in [4.78, 5) is 5.67. The van der Waals surface area contributed by atoms with Gasteiger partial charge in [-0.05, 0) is 39.1 Å². The lowest BCUT2D eigenvalue weighted by Crippen LogP contribution is -2.43. The van der Waals surface area contributed by atoms with Gasteiger partial charge in [-0.15, -0.1) is 0 Å². The Bertz CT molecular complexity index is 571. The lowest BCUT2D eigenvalue weighted by Gasteiger charge is -2.28. The van der Waals surface area contributed by atoms with E-state index in [-0.39, 0.29) is 6.04 Å². The predicted molar refractivity (Wildman–Crippen MR) is 78.9 cm³/mol. The third-order valence-corrected chi connectivity index (χ3v) is 5.66. The van der Waals surface area contributed by atoms with Gasteiger partial charge in [-0.3, -0.25) is 0 Å². The molecule has 5 nitrogen and oxygen atoms in total. The zero-order valence-electron chi connectivity index (χ0n) is 12.5. The molecule has 1 saturated carbocycles. The Labute approximate surface area is 125 Å². The Hall–Kier alpha value is -1.05. The fourth-order valence-electron chi connectivity index (χ4n) is 2.66. The Balaban J connectivity index is 2.32. The molecule has 21 heavy (non-hydrogen) atoms. The number of rotatable bonds is 6. The van der Waals surface area contributed by atoms with Crippen LogP contribution in [0.4, 0.5) is 4.39 Å². The van der Waals surface area contributed by atoms with Crippen LogP contribution in [-0.4, -0.2) is 55.8 Å². The molecule has 0 saturated heterocycles. The molecule has 0 bridgehead atoms. The molecular formula is C14H22FN3O2S. The summed E-state index contributed by atoms with van der Waals surface area (Å²) in [6.45, 7) is 0.959. The quantitative estimate of drug-likeness (QED) is 0.802. The first kappa shape index (κ1) is 16.3. The van der Waals surface area contributed by atoms with Crippen LogP contribution in [0.2, 0.25) is 0 Å². The molecule has 1 aliphatic rings. The summed E-state index contributed by atoms with van der Waals surface area (Å²) < 4.78 is 40.8. The Morgan fingerprint density at radius 2 is 1.95 bits per heavy atom. The Morgan fingerprint density at radius 3 is 2.52 bits per heavy atom. The first-order chi connectivity index (χ1) is 9.93. The van der Waals surface area contributed by atoms with Crippen molar-refractivity contribution in [3.8, 4) is 0 Å². The minimum absolute atomic E-state index is 0.0450. The lowest BCUT2D eigenvalue weighted by molar-refractivity contribution is 0.280. The summed E-state index contributed by atoms with van der Waals surface area (Å²) in [6.07, 6.45) is 5.02. The minimum Gasteiger partial charge on any atom is -0.308 e. The van der Waals surface area contributed by atoms with Crippen molar-refractivity contribution in [3.05, 3.63) is 24.1 Å². The van der Waals surface area contributed by atoms with Gasteiger partial charge in [0.05, 0.1) is 0 Å². The van der Waals surface area contributed by atoms with Gasteiger partial charge in [-0.1, -0.05) is 12.8 Å². The zero-order valence-corrected chi connectivity index (χ0v) is 13.3. The van der Waals surface area contributed by atoms with Gasteiger partial charge < -0.3 is 4.90 Å². The number of aromatic nitrogens is 1. The minimum atomic E-state index is -3.89. The molecular weight excluding hydrogens is 293 g/mol. The molecule has 0 unspecified atom stereocenters. The molecule has 1 aromatic rings. The van der Waals surface area contributed by atoms with E-state index in [1.165, 1.54) is 16.6 Å². The number of likely N-dealkylation sites (N-methyl/N-ethyl adjacent to an activating group) is 1. The fraction of sp³-hybridized carbons (Fsp3) is 0.643. The molecule has 0 radical (unpaired) electrons. The standard InChI is InChI=1S/C14H22FN3O2S/c1-17(2)10-11-18(12-6-3-4-7-12)21(19,20)14-13(15)8-5-9-16-14/h5,8-9,12H,3-4,6-7,10-11H2,1-2H3. The zero-order chi connectivity index (χ0) is 15.5. The van der Waals surface area contributed by atoms with Crippen molar-refractivity contribution in [1.82, 2.24) is 14.2 Å². The van der Waals surface area contributed by atoms with Gasteiger partial charge in [-0.2, -0.15) is 4.31 Å². The smallest absolute Gasteiger partial charge is 0.263 e. The van der Waals surface area contributed by atoms with E-state index in [1.807, 2.05) is 19.0 Å². The van der Waals surface area contributed by atoms with Gasteiger partial charge in [0.2, 0.25) is 5.03 Å². The van der Waals surface area contributed by atoms with Crippen molar-refractivity contribution in [2.75, 3.05) is 27.2 Å². The lowest BCUT2D eigenvalue weighted by atomic mass is 10.2. The maximum Gasteiger partial charge on any atom is 0.263 e. The van der Waals surface area contributed by atoms with Crippen molar-refractivity contribution < 1.29 is 12.8 Å². The monoisotopic (exact) mass is 315 g/mol. The highest BCUT2D eigenvalue weighted by molar-refractivity contribution is 7.89. The average molecular weight is 315 g/mol. The van der Waals surface area contributed by atoms with Gasteiger partial charge in [0.15, 0.2) is 5.82 Å². The number of sulfonamides is 1. The van der Waals surface area contributed by atoms with Gasteiger partial charge in [-0.25, -0.2) is 17.8 Å². The summed E-state index contributed by atoms with van der Waals surface area (Å²) in [6, 6.07) is 2.49. The average Bonchev–Trinajstić information content (AvgIpc) is 2.92. The molecule has 1 aromatic heterocycles. The third-order valence-electron chi connectivity index (χ3n) is 3.78. The van der Waals surface area contributed by atoms with Gasteiger partial charge in [0, 0.05) is 25.3 Å². The summed E-state index contributed by atoms with van der Waals surface area (Å²) >= 11 is 0. The summed E-state index contributed by atoms with van der Waals surface area (Å²) in [7, 11) is -0.111. The molecule has 1 heterocycles. The molecule has 0 spiro atoms. The molecule has 1 fully saturated rings. The number of hydrogen-bond donors (Lipinski definition) is 0. The van der Waals surface area contributed by atoms with Crippen LogP contribution in [0.15, 0.2) is 23.4 Å². The van der Waals surface area contributed by atoms with Crippen LogP contribution in [0.5, 0.6) is 0 Å². The van der Waals surface area contributed by atoms with E-state index in [1.54, 1.807) is 0 Å². The van der Waals surface area contributed by atoms with Crippen LogP contribution in [-0.2, 0) is 10.0 Å². The number of pyridine rings is 1. The number of nitrogens with zero attached hydrogens (tertiary/aromatic N) is 3. The Morgan fingerprint density at radius 1 is 1.29 bits per heavy atom.